The molecule has 1 saturated heterocycles. The van der Waals surface area contributed by atoms with E-state index in [2.05, 4.69) is 62.9 Å². The molecule has 0 radical (unpaired) electrons. The van der Waals surface area contributed by atoms with Crippen LogP contribution in [0.4, 0.5) is 4.39 Å². The highest BCUT2D eigenvalue weighted by Crippen LogP contribution is 2.22. The summed E-state index contributed by atoms with van der Waals surface area (Å²) in [6.07, 6.45) is 0.404. The Balaban J connectivity index is 1.28. The van der Waals surface area contributed by atoms with Crippen LogP contribution in [0, 0.1) is 12.7 Å². The number of carbonyl (C=O) groups excluding carboxylic acids is 1. The second-order valence-electron chi connectivity index (χ2n) is 8.76. The molecular weight excluding hydrogens is 431 g/mol. The number of hydrogen-bond donors (Lipinski definition) is 0. The Morgan fingerprint density at radius 3 is 2.44 bits per heavy atom. The van der Waals surface area contributed by atoms with Crippen LogP contribution in [0.15, 0.2) is 66.7 Å². The van der Waals surface area contributed by atoms with Gasteiger partial charge in [-0.1, -0.05) is 54.6 Å². The van der Waals surface area contributed by atoms with Gasteiger partial charge in [-0.15, -0.1) is 5.10 Å². The van der Waals surface area contributed by atoms with Crippen molar-refractivity contribution in [3.8, 4) is 0 Å². The van der Waals surface area contributed by atoms with Crippen LogP contribution >= 0.6 is 0 Å². The molecule has 3 aromatic carbocycles. The topological polar surface area (TPSA) is 67.2 Å². The lowest BCUT2D eigenvalue weighted by Crippen LogP contribution is -2.50. The van der Waals surface area contributed by atoms with E-state index in [-0.39, 0.29) is 11.7 Å². The number of aryl methyl sites for hydroxylation is 1. The van der Waals surface area contributed by atoms with Gasteiger partial charge < -0.3 is 4.90 Å². The second-order valence-corrected chi connectivity index (χ2v) is 8.76. The molecule has 1 atom stereocenters. The highest BCUT2D eigenvalue weighted by atomic mass is 19.1. The Morgan fingerprint density at radius 1 is 0.971 bits per heavy atom. The lowest BCUT2D eigenvalue weighted by molar-refractivity contribution is -0.137. The highest BCUT2D eigenvalue weighted by Gasteiger charge is 2.31. The summed E-state index contributed by atoms with van der Waals surface area (Å²) in [6.45, 7) is 5.52. The number of amides is 1. The molecule has 34 heavy (non-hydrogen) atoms. The molecular formula is C26H27FN6O. The normalized spacial score (nSPS) is 15.5. The van der Waals surface area contributed by atoms with E-state index >= 15 is 0 Å². The first-order valence-corrected chi connectivity index (χ1v) is 11.6. The Kier molecular flexibility index (Phi) is 6.31. The first-order valence-electron chi connectivity index (χ1n) is 11.6. The molecule has 4 aromatic rings. The lowest BCUT2D eigenvalue weighted by atomic mass is 10.0. The third-order valence-corrected chi connectivity index (χ3v) is 6.54. The van der Waals surface area contributed by atoms with Crippen LogP contribution in [0.5, 0.6) is 0 Å². The van der Waals surface area contributed by atoms with Crippen LogP contribution in [-0.4, -0.2) is 62.1 Å². The predicted octanol–water partition coefficient (Wildman–Crippen LogP) is 3.40. The fourth-order valence-corrected chi connectivity index (χ4v) is 4.66. The maximum absolute atomic E-state index is 13.6. The van der Waals surface area contributed by atoms with Crippen molar-refractivity contribution in [3.63, 3.8) is 0 Å². The average molecular weight is 459 g/mol. The fraction of sp³-hybridized carbons (Fsp3) is 0.308. The fourth-order valence-electron chi connectivity index (χ4n) is 4.66. The van der Waals surface area contributed by atoms with Crippen LogP contribution in [0.2, 0.25) is 0 Å². The minimum Gasteiger partial charge on any atom is -0.338 e. The van der Waals surface area contributed by atoms with Crippen molar-refractivity contribution in [3.05, 3.63) is 89.5 Å². The predicted molar refractivity (Wildman–Crippen MR) is 128 cm³/mol. The maximum Gasteiger partial charge on any atom is 0.248 e. The van der Waals surface area contributed by atoms with Crippen molar-refractivity contribution in [2.24, 2.45) is 0 Å². The lowest BCUT2D eigenvalue weighted by Gasteiger charge is -2.36. The van der Waals surface area contributed by atoms with Crippen LogP contribution in [0.3, 0.4) is 0 Å². The van der Waals surface area contributed by atoms with Crippen LogP contribution < -0.4 is 0 Å². The van der Waals surface area contributed by atoms with Gasteiger partial charge in [0.05, 0.1) is 0 Å². The Labute approximate surface area is 197 Å². The van der Waals surface area contributed by atoms with Crippen LogP contribution in [0.25, 0.3) is 10.8 Å². The number of benzene rings is 3. The van der Waals surface area contributed by atoms with Crippen LogP contribution in [-0.2, 0) is 17.8 Å². The van der Waals surface area contributed by atoms with Gasteiger partial charge in [0.2, 0.25) is 5.91 Å². The summed E-state index contributed by atoms with van der Waals surface area (Å²) in [6, 6.07) is 20.5. The zero-order valence-electron chi connectivity index (χ0n) is 19.1. The molecule has 0 spiro atoms. The van der Waals surface area contributed by atoms with Gasteiger partial charge >= 0.3 is 0 Å². The molecule has 1 fully saturated rings. The molecule has 5 rings (SSSR count). The Bertz CT molecular complexity index is 1270. The van der Waals surface area contributed by atoms with E-state index in [9.17, 15) is 9.18 Å². The van der Waals surface area contributed by atoms with Crippen molar-refractivity contribution in [2.45, 2.75) is 25.9 Å². The minimum absolute atomic E-state index is 0.00969. The van der Waals surface area contributed by atoms with Gasteiger partial charge in [-0.25, -0.2) is 9.07 Å². The number of carbonyl (C=O) groups is 1. The zero-order chi connectivity index (χ0) is 23.5. The maximum atomic E-state index is 13.6. The molecule has 1 amide bonds. The Hall–Kier alpha value is -3.65. The number of aromatic nitrogens is 4. The third-order valence-electron chi connectivity index (χ3n) is 6.54. The number of piperazine rings is 1. The molecule has 7 nitrogen and oxygen atoms in total. The summed E-state index contributed by atoms with van der Waals surface area (Å²) < 4.78 is 15.0. The Morgan fingerprint density at radius 2 is 1.71 bits per heavy atom. The molecule has 0 saturated carbocycles. The monoisotopic (exact) mass is 458 g/mol. The van der Waals surface area contributed by atoms with E-state index in [1.165, 1.54) is 28.5 Å². The molecule has 1 aliphatic rings. The smallest absolute Gasteiger partial charge is 0.248 e. The molecule has 0 bridgehead atoms. The van der Waals surface area contributed by atoms with Gasteiger partial charge in [0.25, 0.3) is 0 Å². The van der Waals surface area contributed by atoms with Crippen LogP contribution in [0.1, 0.15) is 23.0 Å². The first-order chi connectivity index (χ1) is 16.6. The van der Waals surface area contributed by atoms with Gasteiger partial charge in [0.15, 0.2) is 0 Å². The zero-order valence-corrected chi connectivity index (χ0v) is 19.1. The number of rotatable bonds is 6. The summed E-state index contributed by atoms with van der Waals surface area (Å²) in [4.78, 5) is 17.9. The third kappa shape index (κ3) is 4.68. The van der Waals surface area contributed by atoms with Crippen molar-refractivity contribution in [1.82, 2.24) is 30.0 Å². The standard InChI is InChI=1S/C26H27FN6O/c1-19-28-29-30-33(19)25(17-20-9-11-23(27)12-10-20)26(34)32-15-13-31(14-16-32)18-22-7-4-6-21-5-2-3-8-24(21)22/h2-12,25H,13-18H2,1H3. The summed E-state index contributed by atoms with van der Waals surface area (Å²) in [5, 5.41) is 14.3. The van der Waals surface area contributed by atoms with E-state index in [0.29, 0.717) is 25.3 Å². The van der Waals surface area contributed by atoms with E-state index in [0.717, 1.165) is 25.2 Å². The number of tetrazole rings is 1. The molecule has 1 aliphatic heterocycles. The molecule has 8 heteroatoms. The number of nitrogens with zero attached hydrogens (tertiary/aromatic N) is 6. The molecule has 1 unspecified atom stereocenters. The molecule has 1 aromatic heterocycles. The summed E-state index contributed by atoms with van der Waals surface area (Å²) >= 11 is 0. The largest absolute Gasteiger partial charge is 0.338 e. The molecule has 0 N–H and O–H groups in total. The van der Waals surface area contributed by atoms with E-state index in [4.69, 9.17) is 0 Å². The van der Waals surface area contributed by atoms with Gasteiger partial charge in [0, 0.05) is 39.1 Å². The second kappa shape index (κ2) is 9.69. The van der Waals surface area contributed by atoms with Crippen molar-refractivity contribution in [2.75, 3.05) is 26.2 Å². The summed E-state index contributed by atoms with van der Waals surface area (Å²) in [5.74, 6) is 0.270. The first kappa shape index (κ1) is 22.2. The van der Waals surface area contributed by atoms with Gasteiger partial charge in [-0.2, -0.15) is 0 Å². The summed E-state index contributed by atoms with van der Waals surface area (Å²) in [7, 11) is 0. The van der Waals surface area contributed by atoms with E-state index in [1.54, 1.807) is 23.7 Å². The van der Waals surface area contributed by atoms with Crippen molar-refractivity contribution < 1.29 is 9.18 Å². The van der Waals surface area contributed by atoms with Crippen molar-refractivity contribution >= 4 is 16.7 Å². The van der Waals surface area contributed by atoms with Gasteiger partial charge in [-0.3, -0.25) is 9.69 Å². The SMILES string of the molecule is Cc1nnnn1C(Cc1ccc(F)cc1)C(=O)N1CCN(Cc2cccc3ccccc23)CC1. The highest BCUT2D eigenvalue weighted by molar-refractivity contribution is 5.85. The quantitative estimate of drug-likeness (QED) is 0.443. The van der Waals surface area contributed by atoms with E-state index in [1.807, 2.05) is 4.90 Å². The minimum atomic E-state index is -0.565. The molecule has 0 aliphatic carbocycles. The number of hydrogen-bond acceptors (Lipinski definition) is 5. The summed E-state index contributed by atoms with van der Waals surface area (Å²) in [5.41, 5.74) is 2.17. The van der Waals surface area contributed by atoms with Gasteiger partial charge in [-0.05, 0) is 51.4 Å². The van der Waals surface area contributed by atoms with E-state index < -0.39 is 6.04 Å². The van der Waals surface area contributed by atoms with Gasteiger partial charge in [0.1, 0.15) is 17.7 Å². The number of fused-ring (bicyclic) bond motifs is 1. The van der Waals surface area contributed by atoms with Crippen molar-refractivity contribution in [1.29, 1.82) is 0 Å². The molecule has 2 heterocycles. The molecule has 174 valence electrons. The number of halogens is 1. The average Bonchev–Trinajstić information content (AvgIpc) is 3.29.